The highest BCUT2D eigenvalue weighted by Crippen LogP contribution is 2.20. The second-order valence-electron chi connectivity index (χ2n) is 5.39. The van der Waals surface area contributed by atoms with Crippen LogP contribution >= 0.6 is 0 Å². The van der Waals surface area contributed by atoms with E-state index in [1.807, 2.05) is 19.9 Å². The number of rotatable bonds is 3. The van der Waals surface area contributed by atoms with E-state index in [9.17, 15) is 4.79 Å². The smallest absolute Gasteiger partial charge is 0.272 e. The number of morpholine rings is 1. The van der Waals surface area contributed by atoms with Crippen LogP contribution in [-0.2, 0) is 18.2 Å². The van der Waals surface area contributed by atoms with E-state index in [1.165, 1.54) is 0 Å². The van der Waals surface area contributed by atoms with Crippen LogP contribution in [0, 0.1) is 6.92 Å². The highest BCUT2D eigenvalue weighted by Gasteiger charge is 2.29. The Morgan fingerprint density at radius 3 is 3.00 bits per heavy atom. The third-order valence-corrected chi connectivity index (χ3v) is 3.77. The zero-order valence-electron chi connectivity index (χ0n) is 13.0. The van der Waals surface area contributed by atoms with Crippen molar-refractivity contribution in [1.82, 2.24) is 29.9 Å². The van der Waals surface area contributed by atoms with Gasteiger partial charge < -0.3 is 9.64 Å². The number of amides is 1. The molecule has 1 aliphatic heterocycles. The second kappa shape index (κ2) is 5.88. The molecule has 0 aliphatic carbocycles. The van der Waals surface area contributed by atoms with Gasteiger partial charge in [0.2, 0.25) is 0 Å². The fraction of sp³-hybridized carbons (Fsp3) is 0.571. The first-order valence-corrected chi connectivity index (χ1v) is 7.41. The van der Waals surface area contributed by atoms with Crippen LogP contribution in [0.2, 0.25) is 0 Å². The highest BCUT2D eigenvalue weighted by atomic mass is 16.5. The van der Waals surface area contributed by atoms with Crippen molar-refractivity contribution in [3.05, 3.63) is 29.1 Å². The first-order chi connectivity index (χ1) is 10.6. The molecular formula is C14H20N6O2. The third-order valence-electron chi connectivity index (χ3n) is 3.77. The monoisotopic (exact) mass is 304 g/mol. The van der Waals surface area contributed by atoms with Gasteiger partial charge in [0.05, 0.1) is 18.8 Å². The lowest BCUT2D eigenvalue weighted by molar-refractivity contribution is -0.0270. The van der Waals surface area contributed by atoms with Gasteiger partial charge in [-0.25, -0.2) is 4.98 Å². The van der Waals surface area contributed by atoms with Crippen LogP contribution in [-0.4, -0.2) is 55.5 Å². The van der Waals surface area contributed by atoms with Crippen LogP contribution in [0.5, 0.6) is 0 Å². The maximum atomic E-state index is 12.7. The van der Waals surface area contributed by atoms with Crippen molar-refractivity contribution < 1.29 is 9.53 Å². The molecule has 1 unspecified atom stereocenters. The molecule has 1 atom stereocenters. The molecule has 2 aromatic heterocycles. The van der Waals surface area contributed by atoms with Crippen LogP contribution in [0.15, 0.2) is 6.07 Å². The Kier molecular flexibility index (Phi) is 3.93. The molecule has 0 spiro atoms. The summed E-state index contributed by atoms with van der Waals surface area (Å²) in [6, 6.07) is 1.85. The molecule has 2 aromatic rings. The van der Waals surface area contributed by atoms with Crippen molar-refractivity contribution in [3.63, 3.8) is 0 Å². The van der Waals surface area contributed by atoms with Crippen molar-refractivity contribution in [1.29, 1.82) is 0 Å². The summed E-state index contributed by atoms with van der Waals surface area (Å²) in [7, 11) is 1.79. The van der Waals surface area contributed by atoms with E-state index in [0.29, 0.717) is 31.2 Å². The van der Waals surface area contributed by atoms with Crippen LogP contribution in [0.25, 0.3) is 0 Å². The number of aromatic nitrogens is 5. The van der Waals surface area contributed by atoms with Gasteiger partial charge in [0.1, 0.15) is 17.6 Å². The number of carbonyl (C=O) groups excluding carboxylic acids is 1. The Balaban J connectivity index is 1.76. The number of aromatic amines is 1. The number of H-pyrrole nitrogens is 1. The molecule has 1 amide bonds. The number of hydrogen-bond acceptors (Lipinski definition) is 5. The molecule has 1 aliphatic rings. The minimum Gasteiger partial charge on any atom is -0.366 e. The number of aryl methyl sites for hydroxylation is 3. The average molecular weight is 304 g/mol. The Morgan fingerprint density at radius 1 is 1.55 bits per heavy atom. The summed E-state index contributed by atoms with van der Waals surface area (Å²) in [6.45, 7) is 5.34. The zero-order valence-corrected chi connectivity index (χ0v) is 13.0. The Hall–Kier alpha value is -2.22. The minimum absolute atomic E-state index is 0.0322. The van der Waals surface area contributed by atoms with Crippen LogP contribution in [0.4, 0.5) is 0 Å². The van der Waals surface area contributed by atoms with Crippen molar-refractivity contribution in [2.24, 2.45) is 7.05 Å². The molecule has 3 rings (SSSR count). The number of hydrogen-bond donors (Lipinski definition) is 1. The number of ether oxygens (including phenoxy) is 1. The molecule has 118 valence electrons. The van der Waals surface area contributed by atoms with Gasteiger partial charge in [-0.15, -0.1) is 0 Å². The number of nitrogens with zero attached hydrogens (tertiary/aromatic N) is 5. The predicted octanol–water partition coefficient (Wildman–Crippen LogP) is 0.623. The first kappa shape index (κ1) is 14.7. The fourth-order valence-corrected chi connectivity index (χ4v) is 2.56. The van der Waals surface area contributed by atoms with Crippen molar-refractivity contribution >= 4 is 5.91 Å². The predicted molar refractivity (Wildman–Crippen MR) is 78.3 cm³/mol. The Bertz CT molecular complexity index is 677. The summed E-state index contributed by atoms with van der Waals surface area (Å²) in [6.07, 6.45) is 0.519. The molecule has 8 heteroatoms. The maximum Gasteiger partial charge on any atom is 0.272 e. The van der Waals surface area contributed by atoms with Crippen LogP contribution < -0.4 is 0 Å². The SMILES string of the molecule is CCc1cc(C(=O)N2CCOC(c3n[nH]c(C)n3)C2)n(C)n1. The van der Waals surface area contributed by atoms with E-state index >= 15 is 0 Å². The normalized spacial score (nSPS) is 18.7. The Labute approximate surface area is 128 Å². The summed E-state index contributed by atoms with van der Waals surface area (Å²) in [5, 5.41) is 11.3. The van der Waals surface area contributed by atoms with Crippen molar-refractivity contribution in [2.75, 3.05) is 19.7 Å². The van der Waals surface area contributed by atoms with Crippen LogP contribution in [0.1, 0.15) is 40.9 Å². The van der Waals surface area contributed by atoms with E-state index in [0.717, 1.165) is 17.9 Å². The standard InChI is InChI=1S/C14H20N6O2/c1-4-10-7-11(19(3)18-10)14(21)20-5-6-22-12(8-20)13-15-9(2)16-17-13/h7,12H,4-6,8H2,1-3H3,(H,15,16,17). The van der Waals surface area contributed by atoms with Gasteiger partial charge in [-0.3, -0.25) is 14.6 Å². The molecule has 8 nitrogen and oxygen atoms in total. The molecule has 1 fully saturated rings. The molecule has 0 saturated carbocycles. The molecule has 0 aromatic carbocycles. The lowest BCUT2D eigenvalue weighted by Crippen LogP contribution is -2.43. The molecule has 0 bridgehead atoms. The minimum atomic E-state index is -0.290. The second-order valence-corrected chi connectivity index (χ2v) is 5.39. The lowest BCUT2D eigenvalue weighted by Gasteiger charge is -2.31. The van der Waals surface area contributed by atoms with Gasteiger partial charge in [-0.1, -0.05) is 6.92 Å². The first-order valence-electron chi connectivity index (χ1n) is 7.41. The van der Waals surface area contributed by atoms with Gasteiger partial charge in [0, 0.05) is 13.6 Å². The summed E-state index contributed by atoms with van der Waals surface area (Å²) >= 11 is 0. The van der Waals surface area contributed by atoms with Gasteiger partial charge in [-0.2, -0.15) is 10.2 Å². The van der Waals surface area contributed by atoms with Gasteiger partial charge >= 0.3 is 0 Å². The van der Waals surface area contributed by atoms with E-state index in [1.54, 1.807) is 16.6 Å². The van der Waals surface area contributed by atoms with Crippen molar-refractivity contribution in [2.45, 2.75) is 26.4 Å². The van der Waals surface area contributed by atoms with E-state index in [-0.39, 0.29) is 12.0 Å². The summed E-state index contributed by atoms with van der Waals surface area (Å²) < 4.78 is 7.33. The molecule has 0 radical (unpaired) electrons. The van der Waals surface area contributed by atoms with Gasteiger partial charge in [0.25, 0.3) is 5.91 Å². The van der Waals surface area contributed by atoms with Gasteiger partial charge in [0.15, 0.2) is 5.82 Å². The largest absolute Gasteiger partial charge is 0.366 e. The third kappa shape index (κ3) is 2.74. The van der Waals surface area contributed by atoms with Crippen LogP contribution in [0.3, 0.4) is 0 Å². The quantitative estimate of drug-likeness (QED) is 0.898. The maximum absolute atomic E-state index is 12.7. The molecule has 1 N–H and O–H groups in total. The molecule has 1 saturated heterocycles. The lowest BCUT2D eigenvalue weighted by atomic mass is 10.2. The number of carbonyl (C=O) groups is 1. The van der Waals surface area contributed by atoms with Gasteiger partial charge in [-0.05, 0) is 19.4 Å². The highest BCUT2D eigenvalue weighted by molar-refractivity contribution is 5.92. The summed E-state index contributed by atoms with van der Waals surface area (Å²) in [4.78, 5) is 18.8. The van der Waals surface area contributed by atoms with E-state index in [4.69, 9.17) is 4.74 Å². The average Bonchev–Trinajstić information content (AvgIpc) is 3.12. The molecule has 22 heavy (non-hydrogen) atoms. The summed E-state index contributed by atoms with van der Waals surface area (Å²) in [5.41, 5.74) is 1.52. The van der Waals surface area contributed by atoms with E-state index in [2.05, 4.69) is 20.3 Å². The fourth-order valence-electron chi connectivity index (χ4n) is 2.56. The Morgan fingerprint density at radius 2 is 2.36 bits per heavy atom. The zero-order chi connectivity index (χ0) is 15.7. The molecular weight excluding hydrogens is 284 g/mol. The molecule has 3 heterocycles. The summed E-state index contributed by atoms with van der Waals surface area (Å²) in [5.74, 6) is 1.30. The topological polar surface area (TPSA) is 88.9 Å². The van der Waals surface area contributed by atoms with E-state index < -0.39 is 0 Å². The van der Waals surface area contributed by atoms with Crippen molar-refractivity contribution in [3.8, 4) is 0 Å². The number of nitrogens with one attached hydrogen (secondary N) is 1.